The van der Waals surface area contributed by atoms with Gasteiger partial charge in [-0.3, -0.25) is 4.57 Å². The summed E-state index contributed by atoms with van der Waals surface area (Å²) in [4.78, 5) is 10.7. The summed E-state index contributed by atoms with van der Waals surface area (Å²) in [6, 6.07) is 39.8. The smallest absolute Gasteiger partial charge is 0.145 e. The lowest BCUT2D eigenvalue weighted by Gasteiger charge is -2.22. The monoisotopic (exact) mass is 615 g/mol. The first-order valence-corrected chi connectivity index (χ1v) is 16.7. The van der Waals surface area contributed by atoms with Crippen LogP contribution < -0.4 is 0 Å². The Morgan fingerprint density at radius 1 is 0.596 bits per heavy atom. The van der Waals surface area contributed by atoms with Gasteiger partial charge in [0, 0.05) is 22.1 Å². The van der Waals surface area contributed by atoms with E-state index in [9.17, 15) is 5.11 Å². The highest BCUT2D eigenvalue weighted by atomic mass is 16.3. The van der Waals surface area contributed by atoms with Crippen molar-refractivity contribution in [3.8, 4) is 45.3 Å². The summed E-state index contributed by atoms with van der Waals surface area (Å²) in [6.07, 6.45) is 0. The molecule has 5 aromatic carbocycles. The molecule has 0 saturated heterocycles. The maximum atomic E-state index is 11.0. The van der Waals surface area contributed by atoms with Crippen molar-refractivity contribution in [1.29, 1.82) is 0 Å². The van der Waals surface area contributed by atoms with Crippen LogP contribution >= 0.6 is 0 Å². The van der Waals surface area contributed by atoms with Crippen LogP contribution in [0.15, 0.2) is 115 Å². The second kappa shape index (κ2) is 12.2. The van der Waals surface area contributed by atoms with Crippen LogP contribution in [0, 0.1) is 0 Å². The topological polar surface area (TPSA) is 50.9 Å². The largest absolute Gasteiger partial charge is 0.507 e. The number of aromatic nitrogens is 3. The molecule has 0 spiro atoms. The molecule has 47 heavy (non-hydrogen) atoms. The maximum absolute atomic E-state index is 11.0. The molecule has 0 aliphatic carbocycles. The van der Waals surface area contributed by atoms with Gasteiger partial charge in [0.05, 0.1) is 28.1 Å². The highest BCUT2D eigenvalue weighted by molar-refractivity contribution is 6.01. The number of rotatable bonds is 7. The number of phenols is 1. The van der Waals surface area contributed by atoms with E-state index >= 15 is 0 Å². The Hall–Kier alpha value is -5.22. The highest BCUT2D eigenvalue weighted by Gasteiger charge is 2.24. The van der Waals surface area contributed by atoms with Gasteiger partial charge in [-0.1, -0.05) is 133 Å². The zero-order valence-electron chi connectivity index (χ0n) is 28.0. The molecule has 1 N–H and O–H groups in total. The predicted molar refractivity (Wildman–Crippen MR) is 197 cm³/mol. The molecule has 0 atom stereocenters. The van der Waals surface area contributed by atoms with Crippen LogP contribution in [0.1, 0.15) is 76.0 Å². The molecule has 2 aromatic heterocycles. The van der Waals surface area contributed by atoms with E-state index in [2.05, 4.69) is 137 Å². The van der Waals surface area contributed by atoms with Crippen LogP contribution in [0.25, 0.3) is 61.4 Å². The van der Waals surface area contributed by atoms with Crippen molar-refractivity contribution in [1.82, 2.24) is 14.5 Å². The second-order valence-corrected chi connectivity index (χ2v) is 13.4. The molecule has 0 saturated carbocycles. The van der Waals surface area contributed by atoms with Crippen molar-refractivity contribution in [2.24, 2.45) is 0 Å². The minimum Gasteiger partial charge on any atom is -0.507 e. The first-order chi connectivity index (χ1) is 22.7. The Bertz CT molecular complexity index is 2220. The predicted octanol–water partition coefficient (Wildman–Crippen LogP) is 11.7. The number of aromatic hydroxyl groups is 1. The van der Waals surface area contributed by atoms with Crippen molar-refractivity contribution >= 4 is 21.8 Å². The number of hydrogen-bond acceptors (Lipinski definition) is 3. The molecule has 0 radical (unpaired) electrons. The van der Waals surface area contributed by atoms with E-state index < -0.39 is 0 Å². The molecule has 7 rings (SSSR count). The Kier molecular flexibility index (Phi) is 7.89. The molecule has 0 aliphatic heterocycles. The summed E-state index contributed by atoms with van der Waals surface area (Å²) >= 11 is 0. The van der Waals surface area contributed by atoms with E-state index in [1.54, 1.807) is 6.07 Å². The molecule has 4 nitrogen and oxygen atoms in total. The van der Waals surface area contributed by atoms with Gasteiger partial charge in [-0.15, -0.1) is 0 Å². The lowest BCUT2D eigenvalue weighted by Crippen LogP contribution is -2.08. The highest BCUT2D eigenvalue weighted by Crippen LogP contribution is 2.41. The number of para-hydroxylation sites is 3. The van der Waals surface area contributed by atoms with Crippen LogP contribution in [0.3, 0.4) is 0 Å². The Labute approximate surface area is 277 Å². The summed E-state index contributed by atoms with van der Waals surface area (Å²) in [5, 5.41) is 13.1. The maximum Gasteiger partial charge on any atom is 0.145 e. The van der Waals surface area contributed by atoms with Gasteiger partial charge in [-0.05, 0) is 64.1 Å². The van der Waals surface area contributed by atoms with E-state index in [0.29, 0.717) is 23.3 Å². The van der Waals surface area contributed by atoms with Gasteiger partial charge in [0.1, 0.15) is 11.6 Å². The summed E-state index contributed by atoms with van der Waals surface area (Å²) in [7, 11) is 0. The van der Waals surface area contributed by atoms with Crippen molar-refractivity contribution in [2.75, 3.05) is 0 Å². The third kappa shape index (κ3) is 5.38. The Morgan fingerprint density at radius 3 is 1.94 bits per heavy atom. The van der Waals surface area contributed by atoms with Crippen LogP contribution in [-0.4, -0.2) is 19.6 Å². The van der Waals surface area contributed by atoms with Crippen LogP contribution in [-0.2, 0) is 0 Å². The molecule has 2 heterocycles. The zero-order chi connectivity index (χ0) is 32.8. The van der Waals surface area contributed by atoms with Gasteiger partial charge < -0.3 is 5.11 Å². The summed E-state index contributed by atoms with van der Waals surface area (Å²) in [6.45, 7) is 13.5. The fraction of sp³-hybridized carbons (Fsp3) is 0.209. The molecular weight excluding hydrogens is 574 g/mol. The summed E-state index contributed by atoms with van der Waals surface area (Å²) in [5.41, 5.74) is 11.3. The fourth-order valence-corrected chi connectivity index (χ4v) is 6.74. The quantitative estimate of drug-likeness (QED) is 0.194. The van der Waals surface area contributed by atoms with Gasteiger partial charge >= 0.3 is 0 Å². The SMILES string of the molecule is CC(C)c1ccc2c(-c3ccccc3O)nc(-c3cccc4c3nc(-c3ccccc3)n4-c3c(C(C)C)cccc3C(C)C)cc2c1. The lowest BCUT2D eigenvalue weighted by molar-refractivity contribution is 0.477. The van der Waals surface area contributed by atoms with E-state index in [-0.39, 0.29) is 5.75 Å². The summed E-state index contributed by atoms with van der Waals surface area (Å²) < 4.78 is 2.38. The van der Waals surface area contributed by atoms with E-state index in [1.165, 1.54) is 22.4 Å². The Balaban J connectivity index is 1.58. The van der Waals surface area contributed by atoms with Gasteiger partial charge in [0.15, 0.2) is 0 Å². The first-order valence-electron chi connectivity index (χ1n) is 16.7. The molecule has 0 aliphatic rings. The molecular formula is C43H41N3O. The molecule has 0 fully saturated rings. The third-order valence-corrected chi connectivity index (χ3v) is 9.24. The van der Waals surface area contributed by atoms with Gasteiger partial charge in [-0.25, -0.2) is 9.97 Å². The molecule has 0 unspecified atom stereocenters. The fourth-order valence-electron chi connectivity index (χ4n) is 6.74. The van der Waals surface area contributed by atoms with Crippen LogP contribution in [0.2, 0.25) is 0 Å². The zero-order valence-corrected chi connectivity index (χ0v) is 28.0. The minimum absolute atomic E-state index is 0.215. The van der Waals surface area contributed by atoms with Crippen molar-refractivity contribution in [3.05, 3.63) is 132 Å². The van der Waals surface area contributed by atoms with Gasteiger partial charge in [0.2, 0.25) is 0 Å². The van der Waals surface area contributed by atoms with Crippen molar-refractivity contribution in [2.45, 2.75) is 59.3 Å². The average molecular weight is 616 g/mol. The number of imidazole rings is 1. The van der Waals surface area contributed by atoms with E-state index in [0.717, 1.165) is 50.1 Å². The van der Waals surface area contributed by atoms with E-state index in [4.69, 9.17) is 9.97 Å². The normalized spacial score (nSPS) is 11.9. The van der Waals surface area contributed by atoms with Crippen molar-refractivity contribution in [3.63, 3.8) is 0 Å². The standard InChI is InChI=1S/C43H41N3O/c1-26(2)30-22-23-34-31(24-30)25-37(44-40(34)36-16-10-11-21-39(36)47)35-19-13-20-38-41(35)45-43(29-14-8-7-9-15-29)46(38)42-32(27(3)4)17-12-18-33(42)28(5)6/h7-28,47H,1-6H3. The number of pyridine rings is 1. The van der Waals surface area contributed by atoms with Gasteiger partial charge in [0.25, 0.3) is 0 Å². The second-order valence-electron chi connectivity index (χ2n) is 13.4. The van der Waals surface area contributed by atoms with Crippen LogP contribution in [0.4, 0.5) is 0 Å². The van der Waals surface area contributed by atoms with Crippen LogP contribution in [0.5, 0.6) is 5.75 Å². The number of fused-ring (bicyclic) bond motifs is 2. The molecule has 4 heteroatoms. The van der Waals surface area contributed by atoms with E-state index in [1.807, 2.05) is 18.2 Å². The average Bonchev–Trinajstić information content (AvgIpc) is 3.47. The molecule has 0 bridgehead atoms. The number of phenolic OH excluding ortho intramolecular Hbond substituents is 1. The van der Waals surface area contributed by atoms with Gasteiger partial charge in [-0.2, -0.15) is 0 Å². The minimum atomic E-state index is 0.215. The summed E-state index contributed by atoms with van der Waals surface area (Å²) in [5.74, 6) is 2.16. The Morgan fingerprint density at radius 2 is 1.26 bits per heavy atom. The van der Waals surface area contributed by atoms with Crippen molar-refractivity contribution < 1.29 is 5.11 Å². The molecule has 234 valence electrons. The number of benzene rings is 5. The molecule has 0 amide bonds. The number of nitrogens with zero attached hydrogens (tertiary/aromatic N) is 3. The third-order valence-electron chi connectivity index (χ3n) is 9.24. The first kappa shape index (κ1) is 30.4. The molecule has 7 aromatic rings. The number of hydrogen-bond donors (Lipinski definition) is 1. The lowest BCUT2D eigenvalue weighted by atomic mass is 9.92.